The van der Waals surface area contributed by atoms with Crippen molar-refractivity contribution in [2.45, 2.75) is 4.90 Å². The predicted molar refractivity (Wildman–Crippen MR) is 81.8 cm³/mol. The van der Waals surface area contributed by atoms with Crippen LogP contribution in [0.1, 0.15) is 0 Å². The van der Waals surface area contributed by atoms with E-state index in [1.807, 2.05) is 0 Å². The van der Waals surface area contributed by atoms with Crippen molar-refractivity contribution in [2.24, 2.45) is 0 Å². The normalized spacial score (nSPS) is 11.6. The number of fused-ring (bicyclic) bond motifs is 1. The maximum Gasteiger partial charge on any atom is 0.322 e. The number of thiazole rings is 1. The summed E-state index contributed by atoms with van der Waals surface area (Å²) in [5.74, 6) is 0. The Bertz CT molecular complexity index is 1030. The molecular weight excluding hydrogens is 328 g/mol. The minimum absolute atomic E-state index is 0.177. The van der Waals surface area contributed by atoms with Gasteiger partial charge in [0.25, 0.3) is 15.7 Å². The molecule has 0 aliphatic carbocycles. The van der Waals surface area contributed by atoms with E-state index in [2.05, 4.69) is 0 Å². The van der Waals surface area contributed by atoms with E-state index >= 15 is 0 Å². The van der Waals surface area contributed by atoms with Crippen LogP contribution in [0.4, 0.5) is 5.69 Å². The van der Waals surface area contributed by atoms with Gasteiger partial charge in [0.05, 0.1) is 20.0 Å². The molecule has 0 bridgehead atoms. The highest BCUT2D eigenvalue weighted by molar-refractivity contribution is 7.90. The van der Waals surface area contributed by atoms with Crippen LogP contribution < -0.4 is 4.87 Å². The fourth-order valence-corrected chi connectivity index (χ4v) is 4.57. The van der Waals surface area contributed by atoms with Crippen LogP contribution in [0, 0.1) is 10.1 Å². The minimum Gasteiger partial charge on any atom is -0.258 e. The lowest BCUT2D eigenvalue weighted by molar-refractivity contribution is -0.384. The number of nitro benzene ring substituents is 1. The van der Waals surface area contributed by atoms with E-state index in [-0.39, 0.29) is 16.1 Å². The van der Waals surface area contributed by atoms with Gasteiger partial charge in [-0.1, -0.05) is 23.5 Å². The van der Waals surface area contributed by atoms with Gasteiger partial charge in [-0.05, 0) is 24.3 Å². The fraction of sp³-hybridized carbons (Fsp3) is 0. The summed E-state index contributed by atoms with van der Waals surface area (Å²) < 4.78 is 26.5. The Hall–Kier alpha value is -2.52. The van der Waals surface area contributed by atoms with E-state index in [1.165, 1.54) is 6.07 Å². The van der Waals surface area contributed by atoms with Crippen molar-refractivity contribution in [3.8, 4) is 0 Å². The topological polar surface area (TPSA) is 99.3 Å². The van der Waals surface area contributed by atoms with Crippen LogP contribution in [-0.4, -0.2) is 17.3 Å². The fourth-order valence-electron chi connectivity index (χ4n) is 2.02. The highest BCUT2D eigenvalue weighted by Crippen LogP contribution is 2.23. The summed E-state index contributed by atoms with van der Waals surface area (Å²) in [6.45, 7) is 0. The molecule has 112 valence electrons. The van der Waals surface area contributed by atoms with Gasteiger partial charge < -0.3 is 0 Å². The van der Waals surface area contributed by atoms with Gasteiger partial charge in [0, 0.05) is 12.1 Å². The molecule has 0 unspecified atom stereocenters. The van der Waals surface area contributed by atoms with Crippen LogP contribution in [0.3, 0.4) is 0 Å². The van der Waals surface area contributed by atoms with Crippen LogP contribution in [0.2, 0.25) is 0 Å². The van der Waals surface area contributed by atoms with Crippen molar-refractivity contribution in [3.05, 3.63) is 68.3 Å². The second kappa shape index (κ2) is 5.04. The maximum atomic E-state index is 12.6. The lowest BCUT2D eigenvalue weighted by Crippen LogP contribution is -2.22. The van der Waals surface area contributed by atoms with Gasteiger partial charge in [0.2, 0.25) is 0 Å². The van der Waals surface area contributed by atoms with Crippen LogP contribution in [-0.2, 0) is 10.0 Å². The third-order valence-corrected chi connectivity index (χ3v) is 5.78. The summed E-state index contributed by atoms with van der Waals surface area (Å²) in [5, 5.41) is 10.6. The highest BCUT2D eigenvalue weighted by Gasteiger charge is 2.23. The monoisotopic (exact) mass is 336 g/mol. The van der Waals surface area contributed by atoms with Gasteiger partial charge >= 0.3 is 4.87 Å². The van der Waals surface area contributed by atoms with E-state index in [0.29, 0.717) is 8.67 Å². The van der Waals surface area contributed by atoms with Crippen LogP contribution >= 0.6 is 11.3 Å². The molecule has 3 aromatic rings. The van der Waals surface area contributed by atoms with Crippen molar-refractivity contribution >= 4 is 37.3 Å². The molecule has 0 aliphatic heterocycles. The highest BCUT2D eigenvalue weighted by atomic mass is 32.2. The van der Waals surface area contributed by atoms with Gasteiger partial charge in [-0.2, -0.15) is 3.97 Å². The average Bonchev–Trinajstić information content (AvgIpc) is 2.83. The van der Waals surface area contributed by atoms with Crippen molar-refractivity contribution in [3.63, 3.8) is 0 Å². The molecule has 0 atom stereocenters. The maximum absolute atomic E-state index is 12.6. The van der Waals surface area contributed by atoms with Gasteiger partial charge in [-0.25, -0.2) is 8.42 Å². The molecular formula is C13H8N2O5S2. The number of hydrogen-bond donors (Lipinski definition) is 0. The second-order valence-corrected chi connectivity index (χ2v) is 7.14. The quantitative estimate of drug-likeness (QED) is 0.539. The van der Waals surface area contributed by atoms with Gasteiger partial charge in [-0.15, -0.1) is 0 Å². The van der Waals surface area contributed by atoms with Crippen LogP contribution in [0.15, 0.2) is 58.2 Å². The van der Waals surface area contributed by atoms with E-state index < -0.39 is 19.8 Å². The third kappa shape index (κ3) is 2.20. The van der Waals surface area contributed by atoms with E-state index in [9.17, 15) is 23.3 Å². The molecule has 0 N–H and O–H groups in total. The Labute approximate surface area is 128 Å². The molecule has 0 fully saturated rings. The van der Waals surface area contributed by atoms with Crippen LogP contribution in [0.5, 0.6) is 0 Å². The number of aromatic nitrogens is 1. The van der Waals surface area contributed by atoms with Gasteiger partial charge in [-0.3, -0.25) is 14.9 Å². The second-order valence-electron chi connectivity index (χ2n) is 4.36. The minimum atomic E-state index is -4.10. The first-order valence-corrected chi connectivity index (χ1v) is 8.27. The Morgan fingerprint density at radius 2 is 1.68 bits per heavy atom. The number of benzene rings is 2. The molecule has 0 radical (unpaired) electrons. The lowest BCUT2D eigenvalue weighted by atomic mass is 10.3. The molecule has 0 aliphatic rings. The van der Waals surface area contributed by atoms with Crippen molar-refractivity contribution < 1.29 is 13.3 Å². The molecule has 9 heteroatoms. The number of rotatable bonds is 3. The Morgan fingerprint density at radius 1 is 1.05 bits per heavy atom. The number of nitro groups is 1. The summed E-state index contributed by atoms with van der Waals surface area (Å²) >= 11 is 0.828. The summed E-state index contributed by atoms with van der Waals surface area (Å²) in [6, 6.07) is 11.0. The molecule has 0 saturated heterocycles. The van der Waals surface area contributed by atoms with Crippen molar-refractivity contribution in [1.29, 1.82) is 0 Å². The Morgan fingerprint density at radius 3 is 2.32 bits per heavy atom. The molecule has 22 heavy (non-hydrogen) atoms. The molecule has 0 amide bonds. The molecule has 1 aromatic heterocycles. The first kappa shape index (κ1) is 14.4. The van der Waals surface area contributed by atoms with E-state index in [0.717, 1.165) is 35.6 Å². The smallest absolute Gasteiger partial charge is 0.258 e. The van der Waals surface area contributed by atoms with E-state index in [1.54, 1.807) is 18.2 Å². The number of hydrogen-bond acceptors (Lipinski definition) is 6. The third-order valence-electron chi connectivity index (χ3n) is 3.03. The summed E-state index contributed by atoms with van der Waals surface area (Å²) in [4.78, 5) is 21.2. The predicted octanol–water partition coefficient (Wildman–Crippen LogP) is 2.21. The van der Waals surface area contributed by atoms with Gasteiger partial charge in [0.15, 0.2) is 0 Å². The average molecular weight is 336 g/mol. The van der Waals surface area contributed by atoms with Gasteiger partial charge in [0.1, 0.15) is 0 Å². The molecule has 3 rings (SSSR count). The standard InChI is InChI=1S/C13H8N2O5S2/c16-13-14(11-3-1-2-4-12(11)21-13)22(19,20)10-7-5-9(6-8-10)15(17)18/h1-8H. The SMILES string of the molecule is O=c1sc2ccccc2n1S(=O)(=O)c1ccc([N+](=O)[O-])cc1. The first-order chi connectivity index (χ1) is 10.4. The molecule has 2 aromatic carbocycles. The van der Waals surface area contributed by atoms with E-state index in [4.69, 9.17) is 0 Å². The summed E-state index contributed by atoms with van der Waals surface area (Å²) in [5.41, 5.74) is 0.0670. The van der Waals surface area contributed by atoms with Crippen molar-refractivity contribution in [1.82, 2.24) is 3.97 Å². The molecule has 0 saturated carbocycles. The number of para-hydroxylation sites is 1. The number of non-ortho nitro benzene ring substituents is 1. The lowest BCUT2D eigenvalue weighted by Gasteiger charge is -2.05. The Kier molecular flexibility index (Phi) is 3.30. The zero-order valence-corrected chi connectivity index (χ0v) is 12.5. The largest absolute Gasteiger partial charge is 0.322 e. The zero-order valence-electron chi connectivity index (χ0n) is 10.9. The molecule has 0 spiro atoms. The summed E-state index contributed by atoms with van der Waals surface area (Å²) in [6.07, 6.45) is 0. The Balaban J connectivity index is 2.22. The first-order valence-electron chi connectivity index (χ1n) is 6.02. The molecule has 7 nitrogen and oxygen atoms in total. The van der Waals surface area contributed by atoms with Crippen molar-refractivity contribution in [2.75, 3.05) is 0 Å². The van der Waals surface area contributed by atoms with Crippen LogP contribution in [0.25, 0.3) is 10.2 Å². The molecule has 1 heterocycles. The zero-order chi connectivity index (χ0) is 15.9. The number of nitrogens with zero attached hydrogens (tertiary/aromatic N) is 2. The summed E-state index contributed by atoms with van der Waals surface area (Å²) in [7, 11) is -4.10.